The van der Waals surface area contributed by atoms with Crippen LogP contribution in [0.2, 0.25) is 0 Å². The lowest BCUT2D eigenvalue weighted by Gasteiger charge is -2.21. The van der Waals surface area contributed by atoms with Gasteiger partial charge in [0.25, 0.3) is 0 Å². The van der Waals surface area contributed by atoms with Crippen molar-refractivity contribution < 1.29 is 19.2 Å². The fraction of sp³-hybridized carbons (Fsp3) is 0.500. The Morgan fingerprint density at radius 3 is 2.96 bits per heavy atom. The lowest BCUT2D eigenvalue weighted by atomic mass is 10.1. The van der Waals surface area contributed by atoms with Crippen LogP contribution in [0.15, 0.2) is 28.8 Å². The molecule has 2 atom stereocenters. The molecule has 0 bridgehead atoms. The average molecular weight is 345 g/mol. The van der Waals surface area contributed by atoms with E-state index in [1.807, 2.05) is 31.2 Å². The van der Waals surface area contributed by atoms with E-state index in [4.69, 9.17) is 9.26 Å². The fourth-order valence-electron chi connectivity index (χ4n) is 3.14. The molecule has 1 saturated heterocycles. The Labute approximate surface area is 146 Å². The lowest BCUT2D eigenvalue weighted by molar-refractivity contribution is -0.132. The van der Waals surface area contributed by atoms with Crippen molar-refractivity contribution in [2.75, 3.05) is 13.7 Å². The molecule has 1 aromatic carbocycles. The second kappa shape index (κ2) is 7.76. The van der Waals surface area contributed by atoms with Gasteiger partial charge in [0.15, 0.2) is 5.82 Å². The van der Waals surface area contributed by atoms with Gasteiger partial charge < -0.3 is 19.3 Å². The fourth-order valence-corrected chi connectivity index (χ4v) is 3.14. The van der Waals surface area contributed by atoms with Crippen molar-refractivity contribution in [3.63, 3.8) is 0 Å². The quantitative estimate of drug-likeness (QED) is 0.856. The van der Waals surface area contributed by atoms with E-state index in [-0.39, 0.29) is 24.9 Å². The first-order valence-corrected chi connectivity index (χ1v) is 8.47. The Morgan fingerprint density at radius 1 is 1.44 bits per heavy atom. The molecule has 1 aliphatic heterocycles. The van der Waals surface area contributed by atoms with Gasteiger partial charge in [0.1, 0.15) is 6.04 Å². The van der Waals surface area contributed by atoms with Crippen LogP contribution in [0.5, 0.6) is 0 Å². The third kappa shape index (κ3) is 4.05. The summed E-state index contributed by atoms with van der Waals surface area (Å²) >= 11 is 0. The average Bonchev–Trinajstić information content (AvgIpc) is 3.21. The zero-order valence-electron chi connectivity index (χ0n) is 14.5. The molecule has 0 unspecified atom stereocenters. The Kier molecular flexibility index (Phi) is 5.45. The first kappa shape index (κ1) is 17.6. The van der Waals surface area contributed by atoms with Crippen LogP contribution in [-0.4, -0.2) is 45.8 Å². The first-order valence-electron chi connectivity index (χ1n) is 8.47. The first-order chi connectivity index (χ1) is 12.1. The number of β-amino-alcohol motifs (C(OH)–C–C–N with tert-alkyl or cyclic N) is 1. The van der Waals surface area contributed by atoms with Gasteiger partial charge in [-0.05, 0) is 11.1 Å². The molecule has 7 nitrogen and oxygen atoms in total. The Balaban J connectivity index is 1.74. The van der Waals surface area contributed by atoms with Crippen molar-refractivity contribution in [3.05, 3.63) is 47.1 Å². The number of carbonyl (C=O) groups is 1. The van der Waals surface area contributed by atoms with Crippen molar-refractivity contribution in [3.8, 4) is 0 Å². The van der Waals surface area contributed by atoms with E-state index in [2.05, 4.69) is 10.1 Å². The van der Waals surface area contributed by atoms with Crippen LogP contribution in [-0.2, 0) is 29.0 Å². The van der Waals surface area contributed by atoms with Gasteiger partial charge in [0, 0.05) is 26.5 Å². The summed E-state index contributed by atoms with van der Waals surface area (Å²) in [6.45, 7) is 2.73. The summed E-state index contributed by atoms with van der Waals surface area (Å²) in [7, 11) is 1.64. The minimum atomic E-state index is -0.578. The second-order valence-corrected chi connectivity index (χ2v) is 6.28. The summed E-state index contributed by atoms with van der Waals surface area (Å²) in [4.78, 5) is 18.7. The maximum absolute atomic E-state index is 12.8. The number of carbonyl (C=O) groups excluding carboxylic acids is 1. The van der Waals surface area contributed by atoms with Gasteiger partial charge in [-0.2, -0.15) is 4.98 Å². The Morgan fingerprint density at radius 2 is 2.24 bits per heavy atom. The summed E-state index contributed by atoms with van der Waals surface area (Å²) in [5.41, 5.74) is 1.94. The maximum Gasteiger partial charge on any atom is 0.249 e. The number of amides is 1. The number of aryl methyl sites for hydroxylation is 1. The van der Waals surface area contributed by atoms with E-state index in [9.17, 15) is 9.90 Å². The van der Waals surface area contributed by atoms with Gasteiger partial charge in [-0.25, -0.2) is 0 Å². The highest BCUT2D eigenvalue weighted by atomic mass is 16.5. The van der Waals surface area contributed by atoms with Crippen molar-refractivity contribution in [1.82, 2.24) is 15.0 Å². The van der Waals surface area contributed by atoms with Crippen molar-refractivity contribution in [2.45, 2.75) is 44.9 Å². The van der Waals surface area contributed by atoms with Crippen LogP contribution in [0, 0.1) is 0 Å². The number of likely N-dealkylation sites (tertiary alicyclic amines) is 1. The molecule has 1 N–H and O–H groups in total. The maximum atomic E-state index is 12.8. The number of hydrogen-bond donors (Lipinski definition) is 1. The van der Waals surface area contributed by atoms with E-state index in [1.54, 1.807) is 12.0 Å². The van der Waals surface area contributed by atoms with Gasteiger partial charge >= 0.3 is 0 Å². The largest absolute Gasteiger partial charge is 0.391 e. The smallest absolute Gasteiger partial charge is 0.249 e. The van der Waals surface area contributed by atoms with E-state index in [0.29, 0.717) is 31.2 Å². The molecule has 7 heteroatoms. The molecule has 3 rings (SSSR count). The highest BCUT2D eigenvalue weighted by Crippen LogP contribution is 2.31. The molecule has 0 radical (unpaired) electrons. The number of hydrogen-bond acceptors (Lipinski definition) is 6. The minimum absolute atomic E-state index is 0.0626. The number of aliphatic hydroxyl groups excluding tert-OH is 1. The molecule has 25 heavy (non-hydrogen) atoms. The summed E-state index contributed by atoms with van der Waals surface area (Å²) in [5.74, 6) is 0.943. The third-order valence-corrected chi connectivity index (χ3v) is 4.34. The predicted molar refractivity (Wildman–Crippen MR) is 89.6 cm³/mol. The van der Waals surface area contributed by atoms with E-state index in [1.165, 1.54) is 0 Å². The van der Waals surface area contributed by atoms with Gasteiger partial charge in [-0.15, -0.1) is 0 Å². The summed E-state index contributed by atoms with van der Waals surface area (Å²) in [6.07, 6.45) is 0.765. The molecule has 2 aromatic rings. The molecule has 2 heterocycles. The van der Waals surface area contributed by atoms with Crippen molar-refractivity contribution in [2.24, 2.45) is 0 Å². The van der Waals surface area contributed by atoms with Gasteiger partial charge in [0.05, 0.1) is 19.1 Å². The number of methoxy groups -OCH3 is 1. The topological polar surface area (TPSA) is 88.7 Å². The third-order valence-electron chi connectivity index (χ3n) is 4.34. The normalized spacial score (nSPS) is 20.2. The van der Waals surface area contributed by atoms with Crippen LogP contribution in [0.1, 0.15) is 42.2 Å². The number of aromatic nitrogens is 2. The SMILES string of the molecule is CCc1noc([C@H]2C[C@H](O)CN2C(=O)Cc2cccc(COC)c2)n1. The number of nitrogens with zero attached hydrogens (tertiary/aromatic N) is 3. The van der Waals surface area contributed by atoms with Crippen molar-refractivity contribution >= 4 is 5.91 Å². The van der Waals surface area contributed by atoms with E-state index < -0.39 is 6.10 Å². The van der Waals surface area contributed by atoms with Gasteiger partial charge in [-0.3, -0.25) is 4.79 Å². The molecular weight excluding hydrogens is 322 g/mol. The zero-order valence-corrected chi connectivity index (χ0v) is 14.5. The molecule has 0 saturated carbocycles. The number of aliphatic hydroxyl groups is 1. The Hall–Kier alpha value is -2.25. The van der Waals surface area contributed by atoms with E-state index in [0.717, 1.165) is 11.1 Å². The number of benzene rings is 1. The second-order valence-electron chi connectivity index (χ2n) is 6.28. The van der Waals surface area contributed by atoms with Gasteiger partial charge in [0.2, 0.25) is 11.8 Å². The summed E-state index contributed by atoms with van der Waals surface area (Å²) in [6, 6.07) is 7.40. The molecule has 1 aliphatic rings. The molecular formula is C18H23N3O4. The van der Waals surface area contributed by atoms with Crippen LogP contribution >= 0.6 is 0 Å². The summed E-state index contributed by atoms with van der Waals surface area (Å²) in [5, 5.41) is 13.9. The van der Waals surface area contributed by atoms with E-state index >= 15 is 0 Å². The number of rotatable bonds is 6. The van der Waals surface area contributed by atoms with Crippen LogP contribution < -0.4 is 0 Å². The van der Waals surface area contributed by atoms with Crippen molar-refractivity contribution in [1.29, 1.82) is 0 Å². The monoisotopic (exact) mass is 345 g/mol. The standard InChI is InChI=1S/C18H23N3O4/c1-3-16-19-18(25-20-16)15-9-14(22)10-21(15)17(23)8-12-5-4-6-13(7-12)11-24-2/h4-7,14-15,22H,3,8-11H2,1-2H3/t14-,15+/m0/s1. The summed E-state index contributed by atoms with van der Waals surface area (Å²) < 4.78 is 10.4. The lowest BCUT2D eigenvalue weighted by Crippen LogP contribution is -2.33. The molecule has 134 valence electrons. The minimum Gasteiger partial charge on any atom is -0.391 e. The molecule has 1 aromatic heterocycles. The zero-order chi connectivity index (χ0) is 17.8. The van der Waals surface area contributed by atoms with Crippen LogP contribution in [0.3, 0.4) is 0 Å². The molecule has 0 spiro atoms. The van der Waals surface area contributed by atoms with Gasteiger partial charge in [-0.1, -0.05) is 36.3 Å². The highest BCUT2D eigenvalue weighted by molar-refractivity contribution is 5.79. The predicted octanol–water partition coefficient (Wildman–Crippen LogP) is 1.66. The Bertz CT molecular complexity index is 731. The molecule has 1 amide bonds. The van der Waals surface area contributed by atoms with Crippen LogP contribution in [0.4, 0.5) is 0 Å². The van der Waals surface area contributed by atoms with Crippen LogP contribution in [0.25, 0.3) is 0 Å². The molecule has 0 aliphatic carbocycles. The molecule has 1 fully saturated rings. The number of ether oxygens (including phenoxy) is 1. The highest BCUT2D eigenvalue weighted by Gasteiger charge is 2.38.